The van der Waals surface area contributed by atoms with Crippen LogP contribution in [0.25, 0.3) is 0 Å². The van der Waals surface area contributed by atoms with E-state index < -0.39 is 0 Å². The fourth-order valence-corrected chi connectivity index (χ4v) is 0.788. The van der Waals surface area contributed by atoms with Gasteiger partial charge in [0.15, 0.2) is 5.78 Å². The number of nitrogens with two attached hydrogens (primary N) is 1. The molecule has 0 bridgehead atoms. The van der Waals surface area contributed by atoms with E-state index in [0.717, 1.165) is 5.56 Å². The molecule has 0 unspecified atom stereocenters. The molecule has 2 heteroatoms. The Labute approximate surface area is 73.4 Å². The molecule has 0 heterocycles. The largest absolute Gasteiger partial charge is 0.333 e. The molecule has 0 saturated carbocycles. The first-order chi connectivity index (χ1) is 5.70. The van der Waals surface area contributed by atoms with Crippen molar-refractivity contribution in [1.82, 2.24) is 0 Å². The van der Waals surface area contributed by atoms with Crippen LogP contribution in [0.1, 0.15) is 22.8 Å². The lowest BCUT2D eigenvalue weighted by Gasteiger charge is -1.93. The van der Waals surface area contributed by atoms with E-state index in [4.69, 9.17) is 0 Å². The van der Waals surface area contributed by atoms with Gasteiger partial charge in [0.05, 0.1) is 0 Å². The Morgan fingerprint density at radius 3 is 1.92 bits per heavy atom. The third kappa shape index (κ3) is 3.30. The molecular weight excluding hydrogens is 150 g/mol. The molecule has 1 rings (SSSR count). The van der Waals surface area contributed by atoms with Crippen molar-refractivity contribution in [2.24, 2.45) is 5.73 Å². The van der Waals surface area contributed by atoms with Crippen LogP contribution in [0.4, 0.5) is 0 Å². The van der Waals surface area contributed by atoms with Gasteiger partial charge in [0.25, 0.3) is 0 Å². The molecule has 0 aliphatic heterocycles. The first-order valence-electron chi connectivity index (χ1n) is 3.85. The van der Waals surface area contributed by atoms with Crippen LogP contribution >= 0.6 is 0 Å². The van der Waals surface area contributed by atoms with Crippen molar-refractivity contribution in [1.29, 1.82) is 0 Å². The lowest BCUT2D eigenvalue weighted by Crippen LogP contribution is -1.90. The van der Waals surface area contributed by atoms with Crippen molar-refractivity contribution >= 4 is 5.78 Å². The molecule has 1 aromatic carbocycles. The molecule has 2 nitrogen and oxygen atoms in total. The number of benzene rings is 1. The topological polar surface area (TPSA) is 43.1 Å². The SMILES string of the molecule is CC(=O)c1ccc(C)cc1.CN. The third-order valence-electron chi connectivity index (χ3n) is 1.46. The van der Waals surface area contributed by atoms with Gasteiger partial charge in [-0.15, -0.1) is 0 Å². The zero-order chi connectivity index (χ0) is 9.56. The zero-order valence-electron chi connectivity index (χ0n) is 7.79. The Morgan fingerprint density at radius 1 is 1.17 bits per heavy atom. The summed E-state index contributed by atoms with van der Waals surface area (Å²) in [6.45, 7) is 3.58. The molecule has 0 aliphatic carbocycles. The number of hydrogen-bond donors (Lipinski definition) is 1. The molecule has 0 radical (unpaired) electrons. The molecule has 12 heavy (non-hydrogen) atoms. The highest BCUT2D eigenvalue weighted by atomic mass is 16.1. The Balaban J connectivity index is 0.000000561. The smallest absolute Gasteiger partial charge is 0.159 e. The van der Waals surface area contributed by atoms with Crippen LogP contribution in [-0.2, 0) is 0 Å². The molecule has 0 saturated heterocycles. The molecule has 1 aromatic rings. The van der Waals surface area contributed by atoms with Gasteiger partial charge in [0.2, 0.25) is 0 Å². The predicted molar refractivity (Wildman–Crippen MR) is 51.3 cm³/mol. The highest BCUT2D eigenvalue weighted by Crippen LogP contribution is 2.02. The monoisotopic (exact) mass is 165 g/mol. The maximum Gasteiger partial charge on any atom is 0.159 e. The minimum atomic E-state index is 0.125. The Kier molecular flexibility index (Phi) is 4.97. The van der Waals surface area contributed by atoms with Gasteiger partial charge in [-0.25, -0.2) is 0 Å². The number of Topliss-reactive ketones (excluding diaryl/α,β-unsaturated/α-hetero) is 1. The van der Waals surface area contributed by atoms with Crippen LogP contribution in [0, 0.1) is 6.92 Å². The zero-order valence-corrected chi connectivity index (χ0v) is 7.79. The van der Waals surface area contributed by atoms with Gasteiger partial charge < -0.3 is 5.73 Å². The highest BCUT2D eigenvalue weighted by Gasteiger charge is 1.95. The molecule has 0 amide bonds. The second-order valence-corrected chi connectivity index (χ2v) is 2.42. The van der Waals surface area contributed by atoms with Gasteiger partial charge in [0, 0.05) is 5.56 Å². The Bertz CT molecular complexity index is 239. The van der Waals surface area contributed by atoms with Gasteiger partial charge in [-0.1, -0.05) is 29.8 Å². The van der Waals surface area contributed by atoms with Gasteiger partial charge >= 0.3 is 0 Å². The number of carbonyl (C=O) groups excluding carboxylic acids is 1. The van der Waals surface area contributed by atoms with E-state index in [-0.39, 0.29) is 5.78 Å². The summed E-state index contributed by atoms with van der Waals surface area (Å²) >= 11 is 0. The van der Waals surface area contributed by atoms with Crippen LogP contribution in [-0.4, -0.2) is 12.8 Å². The lowest BCUT2D eigenvalue weighted by atomic mass is 10.1. The van der Waals surface area contributed by atoms with E-state index in [0.29, 0.717) is 0 Å². The van der Waals surface area contributed by atoms with Crippen LogP contribution in [0.5, 0.6) is 0 Å². The molecular formula is C10H15NO. The van der Waals surface area contributed by atoms with E-state index in [1.165, 1.54) is 12.6 Å². The minimum absolute atomic E-state index is 0.125. The van der Waals surface area contributed by atoms with Crippen LogP contribution in [0.15, 0.2) is 24.3 Å². The number of rotatable bonds is 1. The summed E-state index contributed by atoms with van der Waals surface area (Å²) in [6.07, 6.45) is 0. The molecule has 0 spiro atoms. The first-order valence-corrected chi connectivity index (χ1v) is 3.85. The van der Waals surface area contributed by atoms with Crippen LogP contribution < -0.4 is 5.73 Å². The Hall–Kier alpha value is -1.15. The molecule has 0 fully saturated rings. The average molecular weight is 165 g/mol. The van der Waals surface area contributed by atoms with Crippen molar-refractivity contribution in [2.45, 2.75) is 13.8 Å². The summed E-state index contributed by atoms with van der Waals surface area (Å²) in [6, 6.07) is 7.57. The second kappa shape index (κ2) is 5.49. The second-order valence-electron chi connectivity index (χ2n) is 2.42. The third-order valence-corrected chi connectivity index (χ3v) is 1.46. The summed E-state index contributed by atoms with van der Waals surface area (Å²) in [5.74, 6) is 0.125. The minimum Gasteiger partial charge on any atom is -0.333 e. The van der Waals surface area contributed by atoms with Crippen molar-refractivity contribution in [3.8, 4) is 0 Å². The van der Waals surface area contributed by atoms with Crippen molar-refractivity contribution < 1.29 is 4.79 Å². The number of hydrogen-bond acceptors (Lipinski definition) is 2. The molecule has 0 aromatic heterocycles. The average Bonchev–Trinajstić information content (AvgIpc) is 2.09. The normalized spacial score (nSPS) is 8.33. The highest BCUT2D eigenvalue weighted by molar-refractivity contribution is 5.93. The van der Waals surface area contributed by atoms with Crippen molar-refractivity contribution in [3.63, 3.8) is 0 Å². The van der Waals surface area contributed by atoms with Gasteiger partial charge in [-0.2, -0.15) is 0 Å². The van der Waals surface area contributed by atoms with Crippen LogP contribution in [0.3, 0.4) is 0 Å². The molecule has 0 atom stereocenters. The first kappa shape index (κ1) is 10.8. The fraction of sp³-hybridized carbons (Fsp3) is 0.300. The van der Waals surface area contributed by atoms with Gasteiger partial charge in [-0.3, -0.25) is 4.79 Å². The van der Waals surface area contributed by atoms with E-state index in [9.17, 15) is 4.79 Å². The van der Waals surface area contributed by atoms with E-state index in [1.807, 2.05) is 31.2 Å². The van der Waals surface area contributed by atoms with Crippen molar-refractivity contribution in [2.75, 3.05) is 7.05 Å². The van der Waals surface area contributed by atoms with E-state index in [1.54, 1.807) is 6.92 Å². The van der Waals surface area contributed by atoms with Gasteiger partial charge in [0.1, 0.15) is 0 Å². The van der Waals surface area contributed by atoms with Crippen LogP contribution in [0.2, 0.25) is 0 Å². The maximum absolute atomic E-state index is 10.8. The van der Waals surface area contributed by atoms with E-state index in [2.05, 4.69) is 5.73 Å². The summed E-state index contributed by atoms with van der Waals surface area (Å²) < 4.78 is 0. The number of aryl methyl sites for hydroxylation is 1. The standard InChI is InChI=1S/C9H10O.CH5N/c1-7-3-5-9(6-4-7)8(2)10;1-2/h3-6H,1-2H3;2H2,1H3. The Morgan fingerprint density at radius 2 is 1.58 bits per heavy atom. The number of carbonyl (C=O) groups is 1. The molecule has 2 N–H and O–H groups in total. The molecule has 0 aliphatic rings. The number of ketones is 1. The van der Waals surface area contributed by atoms with E-state index >= 15 is 0 Å². The summed E-state index contributed by atoms with van der Waals surface area (Å²) in [4.78, 5) is 10.8. The lowest BCUT2D eigenvalue weighted by molar-refractivity contribution is 0.101. The van der Waals surface area contributed by atoms with Gasteiger partial charge in [-0.05, 0) is 20.9 Å². The fourth-order valence-electron chi connectivity index (χ4n) is 0.788. The summed E-state index contributed by atoms with van der Waals surface area (Å²) in [7, 11) is 1.50. The quantitative estimate of drug-likeness (QED) is 0.644. The summed E-state index contributed by atoms with van der Waals surface area (Å²) in [5, 5.41) is 0. The molecule has 66 valence electrons. The summed E-state index contributed by atoms with van der Waals surface area (Å²) in [5.41, 5.74) is 6.47. The predicted octanol–water partition coefficient (Wildman–Crippen LogP) is 1.77. The maximum atomic E-state index is 10.8. The van der Waals surface area contributed by atoms with Crippen molar-refractivity contribution in [3.05, 3.63) is 35.4 Å².